The molecule has 0 amide bonds. The molecular weight excluding hydrogens is 198 g/mol. The molecule has 1 aliphatic rings. The zero-order chi connectivity index (χ0) is 9.97. The van der Waals surface area contributed by atoms with Gasteiger partial charge in [-0.3, -0.25) is 4.68 Å². The highest BCUT2D eigenvalue weighted by molar-refractivity contribution is 7.99. The van der Waals surface area contributed by atoms with Gasteiger partial charge in [0.15, 0.2) is 0 Å². The number of nitrogens with zero attached hydrogens (tertiary/aromatic N) is 2. The maximum absolute atomic E-state index is 5.78. The molecule has 4 nitrogen and oxygen atoms in total. The van der Waals surface area contributed by atoms with Gasteiger partial charge in [0.2, 0.25) is 0 Å². The van der Waals surface area contributed by atoms with Crippen LogP contribution in [0.2, 0.25) is 0 Å². The van der Waals surface area contributed by atoms with E-state index in [1.54, 1.807) is 16.4 Å². The van der Waals surface area contributed by atoms with Gasteiger partial charge >= 0.3 is 0 Å². The van der Waals surface area contributed by atoms with Crippen LogP contribution in [-0.4, -0.2) is 28.2 Å². The van der Waals surface area contributed by atoms with Gasteiger partial charge in [0, 0.05) is 25.6 Å². The lowest BCUT2D eigenvalue weighted by Gasteiger charge is -2.06. The molecule has 1 fully saturated rings. The zero-order valence-corrected chi connectivity index (χ0v) is 9.09. The van der Waals surface area contributed by atoms with E-state index >= 15 is 0 Å². The minimum Gasteiger partial charge on any atom is -0.395 e. The van der Waals surface area contributed by atoms with E-state index in [4.69, 9.17) is 10.5 Å². The van der Waals surface area contributed by atoms with Crippen molar-refractivity contribution in [2.24, 2.45) is 7.05 Å². The zero-order valence-electron chi connectivity index (χ0n) is 8.27. The number of ether oxygens (including phenoxy) is 1. The molecule has 1 aromatic rings. The summed E-state index contributed by atoms with van der Waals surface area (Å²) in [6.07, 6.45) is 4.57. The van der Waals surface area contributed by atoms with Gasteiger partial charge in [0.25, 0.3) is 0 Å². The number of nitrogens with two attached hydrogens (primary N) is 1. The lowest BCUT2D eigenvalue weighted by Crippen LogP contribution is -2.08. The van der Waals surface area contributed by atoms with Crippen LogP contribution in [0.3, 0.4) is 0 Å². The predicted molar refractivity (Wildman–Crippen MR) is 57.3 cm³/mol. The van der Waals surface area contributed by atoms with Crippen molar-refractivity contribution in [2.75, 3.05) is 18.1 Å². The summed E-state index contributed by atoms with van der Waals surface area (Å²) in [4.78, 5) is 0. The Morgan fingerprint density at radius 3 is 3.21 bits per heavy atom. The molecule has 0 aliphatic carbocycles. The van der Waals surface area contributed by atoms with Gasteiger partial charge in [-0.25, -0.2) is 0 Å². The Labute approximate surface area is 87.8 Å². The SMILES string of the molecule is Cn1cc(N)c(SCC2CCCO2)n1. The first-order chi connectivity index (χ1) is 6.75. The molecule has 2 N–H and O–H groups in total. The van der Waals surface area contributed by atoms with Crippen LogP contribution in [0.15, 0.2) is 11.2 Å². The van der Waals surface area contributed by atoms with E-state index in [1.807, 2.05) is 13.2 Å². The fourth-order valence-corrected chi connectivity index (χ4v) is 2.56. The van der Waals surface area contributed by atoms with Crippen LogP contribution < -0.4 is 5.73 Å². The molecule has 78 valence electrons. The number of anilines is 1. The summed E-state index contributed by atoms with van der Waals surface area (Å²) in [6, 6.07) is 0. The van der Waals surface area contributed by atoms with Crippen LogP contribution in [0.4, 0.5) is 5.69 Å². The van der Waals surface area contributed by atoms with Crippen LogP contribution in [0, 0.1) is 0 Å². The lowest BCUT2D eigenvalue weighted by molar-refractivity contribution is 0.129. The summed E-state index contributed by atoms with van der Waals surface area (Å²) >= 11 is 1.68. The maximum atomic E-state index is 5.78. The number of thioether (sulfide) groups is 1. The first-order valence-electron chi connectivity index (χ1n) is 4.79. The van der Waals surface area contributed by atoms with Gasteiger partial charge in [-0.05, 0) is 12.8 Å². The second kappa shape index (κ2) is 4.23. The number of hydrogen-bond acceptors (Lipinski definition) is 4. The molecule has 1 atom stereocenters. The van der Waals surface area contributed by atoms with Crippen molar-refractivity contribution in [3.63, 3.8) is 0 Å². The minimum atomic E-state index is 0.390. The van der Waals surface area contributed by atoms with E-state index < -0.39 is 0 Å². The fraction of sp³-hybridized carbons (Fsp3) is 0.667. The van der Waals surface area contributed by atoms with E-state index in [-0.39, 0.29) is 0 Å². The molecule has 0 spiro atoms. The van der Waals surface area contributed by atoms with Gasteiger partial charge in [-0.2, -0.15) is 5.10 Å². The molecule has 1 unspecified atom stereocenters. The summed E-state index contributed by atoms with van der Waals surface area (Å²) in [5.41, 5.74) is 6.54. The van der Waals surface area contributed by atoms with Crippen molar-refractivity contribution in [3.8, 4) is 0 Å². The van der Waals surface area contributed by atoms with Crippen LogP contribution in [0.25, 0.3) is 0 Å². The largest absolute Gasteiger partial charge is 0.395 e. The predicted octanol–water partition coefficient (Wildman–Crippen LogP) is 1.27. The normalized spacial score (nSPS) is 21.6. The van der Waals surface area contributed by atoms with Crippen LogP contribution in [0.5, 0.6) is 0 Å². The Kier molecular flexibility index (Phi) is 2.98. The van der Waals surface area contributed by atoms with Crippen molar-refractivity contribution in [1.82, 2.24) is 9.78 Å². The first-order valence-corrected chi connectivity index (χ1v) is 5.78. The topological polar surface area (TPSA) is 53.1 Å². The Morgan fingerprint density at radius 2 is 2.64 bits per heavy atom. The molecule has 1 aromatic heterocycles. The third-order valence-electron chi connectivity index (χ3n) is 2.25. The Morgan fingerprint density at radius 1 is 1.79 bits per heavy atom. The van der Waals surface area contributed by atoms with Crippen molar-refractivity contribution in [3.05, 3.63) is 6.20 Å². The third-order valence-corrected chi connectivity index (χ3v) is 3.38. The average Bonchev–Trinajstić information content (AvgIpc) is 2.72. The quantitative estimate of drug-likeness (QED) is 0.768. The molecule has 5 heteroatoms. The summed E-state index contributed by atoms with van der Waals surface area (Å²) in [7, 11) is 1.88. The molecule has 0 aromatic carbocycles. The number of rotatable bonds is 3. The van der Waals surface area contributed by atoms with Crippen LogP contribution >= 0.6 is 11.8 Å². The van der Waals surface area contributed by atoms with Crippen molar-refractivity contribution >= 4 is 17.4 Å². The summed E-state index contributed by atoms with van der Waals surface area (Å²) in [6.45, 7) is 0.906. The van der Waals surface area contributed by atoms with E-state index in [0.29, 0.717) is 6.10 Å². The maximum Gasteiger partial charge on any atom is 0.141 e. The van der Waals surface area contributed by atoms with Crippen molar-refractivity contribution < 1.29 is 4.74 Å². The summed E-state index contributed by atoms with van der Waals surface area (Å²) in [5.74, 6) is 0.960. The van der Waals surface area contributed by atoms with E-state index in [2.05, 4.69) is 5.10 Å². The number of aryl methyl sites for hydroxylation is 1. The third kappa shape index (κ3) is 2.22. The van der Waals surface area contributed by atoms with E-state index in [0.717, 1.165) is 23.1 Å². The second-order valence-corrected chi connectivity index (χ2v) is 4.52. The van der Waals surface area contributed by atoms with Gasteiger partial charge < -0.3 is 10.5 Å². The van der Waals surface area contributed by atoms with Gasteiger partial charge in [0.1, 0.15) is 5.03 Å². The molecule has 0 saturated carbocycles. The van der Waals surface area contributed by atoms with E-state index in [1.165, 1.54) is 12.8 Å². The average molecular weight is 213 g/mol. The molecule has 0 bridgehead atoms. The van der Waals surface area contributed by atoms with Gasteiger partial charge in [0.05, 0.1) is 11.8 Å². The fourth-order valence-electron chi connectivity index (χ4n) is 1.55. The molecule has 14 heavy (non-hydrogen) atoms. The molecule has 1 aliphatic heterocycles. The molecule has 2 rings (SSSR count). The Balaban J connectivity index is 1.87. The summed E-state index contributed by atoms with van der Waals surface area (Å²) in [5, 5.41) is 5.19. The Bertz CT molecular complexity index is 307. The molecule has 2 heterocycles. The number of aromatic nitrogens is 2. The molecular formula is C9H15N3OS. The highest BCUT2D eigenvalue weighted by atomic mass is 32.2. The number of hydrogen-bond donors (Lipinski definition) is 1. The monoisotopic (exact) mass is 213 g/mol. The van der Waals surface area contributed by atoms with Crippen LogP contribution in [-0.2, 0) is 11.8 Å². The second-order valence-electron chi connectivity index (χ2n) is 3.51. The van der Waals surface area contributed by atoms with Crippen LogP contribution in [0.1, 0.15) is 12.8 Å². The van der Waals surface area contributed by atoms with Crippen molar-refractivity contribution in [2.45, 2.75) is 24.0 Å². The molecule has 0 radical (unpaired) electrons. The molecule has 1 saturated heterocycles. The standard InChI is InChI=1S/C9H15N3OS/c1-12-5-8(10)9(11-12)14-6-7-3-2-4-13-7/h5,7H,2-4,6,10H2,1H3. The number of nitrogen functional groups attached to an aromatic ring is 1. The smallest absolute Gasteiger partial charge is 0.141 e. The van der Waals surface area contributed by atoms with Gasteiger partial charge in [-0.15, -0.1) is 0 Å². The highest BCUT2D eigenvalue weighted by Crippen LogP contribution is 2.26. The highest BCUT2D eigenvalue weighted by Gasteiger charge is 2.16. The minimum absolute atomic E-state index is 0.390. The summed E-state index contributed by atoms with van der Waals surface area (Å²) < 4.78 is 7.27. The van der Waals surface area contributed by atoms with E-state index in [9.17, 15) is 0 Å². The first kappa shape index (κ1) is 9.86. The lowest BCUT2D eigenvalue weighted by atomic mass is 10.3. The Hall–Kier alpha value is -0.680. The van der Waals surface area contributed by atoms with Gasteiger partial charge in [-0.1, -0.05) is 11.8 Å². The van der Waals surface area contributed by atoms with Crippen molar-refractivity contribution in [1.29, 1.82) is 0 Å².